The highest BCUT2D eigenvalue weighted by Crippen LogP contribution is 2.30. The fraction of sp³-hybridized carbons (Fsp3) is 0.600. The van der Waals surface area contributed by atoms with Gasteiger partial charge in [0.1, 0.15) is 0 Å². The van der Waals surface area contributed by atoms with Gasteiger partial charge in [-0.25, -0.2) is 0 Å². The van der Waals surface area contributed by atoms with Crippen molar-refractivity contribution in [3.63, 3.8) is 0 Å². The summed E-state index contributed by atoms with van der Waals surface area (Å²) in [5.41, 5.74) is 0.986. The second-order valence-corrected chi connectivity index (χ2v) is 7.35. The van der Waals surface area contributed by atoms with Gasteiger partial charge in [-0.3, -0.25) is 9.59 Å². The van der Waals surface area contributed by atoms with Crippen LogP contribution in [-0.2, 0) is 9.59 Å². The van der Waals surface area contributed by atoms with E-state index in [4.69, 9.17) is 0 Å². The van der Waals surface area contributed by atoms with Crippen molar-refractivity contribution in [3.8, 4) is 0 Å². The minimum absolute atomic E-state index is 0.102. The quantitative estimate of drug-likeness (QED) is 0.893. The Kier molecular flexibility index (Phi) is 5.74. The predicted octanol–water partition coefficient (Wildman–Crippen LogP) is 2.34. The maximum atomic E-state index is 13.0. The minimum Gasteiger partial charge on any atom is -0.349 e. The number of amides is 2. The summed E-state index contributed by atoms with van der Waals surface area (Å²) in [7, 11) is 2.17. The molecule has 0 aromatic heterocycles. The number of hydrogen-bond acceptors (Lipinski definition) is 3. The van der Waals surface area contributed by atoms with Crippen molar-refractivity contribution in [2.45, 2.75) is 57.2 Å². The fourth-order valence-corrected chi connectivity index (χ4v) is 4.40. The lowest BCUT2D eigenvalue weighted by Crippen LogP contribution is -2.47. The molecule has 5 heteroatoms. The van der Waals surface area contributed by atoms with Crippen molar-refractivity contribution < 1.29 is 9.59 Å². The van der Waals surface area contributed by atoms with E-state index in [-0.39, 0.29) is 17.9 Å². The van der Waals surface area contributed by atoms with E-state index in [2.05, 4.69) is 22.2 Å². The van der Waals surface area contributed by atoms with Crippen LogP contribution in [0.5, 0.6) is 0 Å². The average molecular weight is 343 g/mol. The number of likely N-dealkylation sites (tertiary alicyclic amines) is 2. The molecule has 0 saturated carbocycles. The highest BCUT2D eigenvalue weighted by molar-refractivity contribution is 5.79. The Bertz CT molecular complexity index is 604. The summed E-state index contributed by atoms with van der Waals surface area (Å²) in [5.74, 6) is 0.0561. The molecular weight excluding hydrogens is 314 g/mol. The number of carbonyl (C=O) groups is 2. The number of carbonyl (C=O) groups excluding carboxylic acids is 2. The van der Waals surface area contributed by atoms with Gasteiger partial charge in [0.2, 0.25) is 11.8 Å². The second-order valence-electron chi connectivity index (χ2n) is 7.35. The van der Waals surface area contributed by atoms with Crippen LogP contribution in [0.3, 0.4) is 0 Å². The van der Waals surface area contributed by atoms with Gasteiger partial charge >= 0.3 is 0 Å². The Morgan fingerprint density at radius 1 is 1.12 bits per heavy atom. The summed E-state index contributed by atoms with van der Waals surface area (Å²) < 4.78 is 0. The van der Waals surface area contributed by atoms with Crippen LogP contribution >= 0.6 is 0 Å². The first-order valence-corrected chi connectivity index (χ1v) is 9.38. The second kappa shape index (κ2) is 8.00. The van der Waals surface area contributed by atoms with E-state index in [1.165, 1.54) is 19.8 Å². The third-order valence-electron chi connectivity index (χ3n) is 5.60. The Labute approximate surface area is 150 Å². The number of hydrogen-bond donors (Lipinski definition) is 1. The molecule has 2 aliphatic heterocycles. The Balaban J connectivity index is 1.71. The van der Waals surface area contributed by atoms with E-state index >= 15 is 0 Å². The number of nitrogens with zero attached hydrogens (tertiary/aromatic N) is 2. The first kappa shape index (κ1) is 17.9. The number of rotatable bonds is 5. The highest BCUT2D eigenvalue weighted by atomic mass is 16.2. The van der Waals surface area contributed by atoms with Crippen LogP contribution in [0.15, 0.2) is 30.3 Å². The molecule has 3 atom stereocenters. The predicted molar refractivity (Wildman–Crippen MR) is 98.0 cm³/mol. The van der Waals surface area contributed by atoms with Crippen molar-refractivity contribution in [3.05, 3.63) is 35.9 Å². The van der Waals surface area contributed by atoms with Crippen molar-refractivity contribution in [2.75, 3.05) is 20.1 Å². The molecule has 2 fully saturated rings. The van der Waals surface area contributed by atoms with Crippen molar-refractivity contribution in [1.82, 2.24) is 15.1 Å². The van der Waals surface area contributed by atoms with Gasteiger partial charge in [-0.1, -0.05) is 30.3 Å². The van der Waals surface area contributed by atoms with Crippen LogP contribution in [0.1, 0.15) is 50.6 Å². The summed E-state index contributed by atoms with van der Waals surface area (Å²) in [6.07, 6.45) is 4.90. The smallest absolute Gasteiger partial charge is 0.225 e. The van der Waals surface area contributed by atoms with Crippen molar-refractivity contribution in [1.29, 1.82) is 0 Å². The van der Waals surface area contributed by atoms with Crippen LogP contribution in [0, 0.1) is 0 Å². The van der Waals surface area contributed by atoms with Crippen LogP contribution in [0.4, 0.5) is 0 Å². The lowest BCUT2D eigenvalue weighted by atomic mass is 10.0. The Morgan fingerprint density at radius 3 is 2.44 bits per heavy atom. The van der Waals surface area contributed by atoms with Gasteiger partial charge < -0.3 is 15.1 Å². The van der Waals surface area contributed by atoms with Gasteiger partial charge in [-0.2, -0.15) is 0 Å². The average Bonchev–Trinajstić information content (AvgIpc) is 3.23. The first-order chi connectivity index (χ1) is 12.1. The van der Waals surface area contributed by atoms with Gasteiger partial charge in [-0.05, 0) is 44.8 Å². The van der Waals surface area contributed by atoms with E-state index in [9.17, 15) is 9.59 Å². The molecule has 2 heterocycles. The summed E-state index contributed by atoms with van der Waals surface area (Å²) >= 11 is 0. The SMILES string of the molecule is CC(=O)NC(CC(=O)N1CCCC1C1CCCN1C)c1ccccc1. The monoisotopic (exact) mass is 343 g/mol. The molecule has 1 aromatic rings. The third-order valence-corrected chi connectivity index (χ3v) is 5.60. The minimum atomic E-state index is -0.256. The maximum absolute atomic E-state index is 13.0. The summed E-state index contributed by atoms with van der Waals surface area (Å²) in [6.45, 7) is 3.48. The van der Waals surface area contributed by atoms with Crippen LogP contribution in [0.25, 0.3) is 0 Å². The molecular formula is C20H29N3O2. The number of nitrogens with one attached hydrogen (secondary N) is 1. The van der Waals surface area contributed by atoms with Gasteiger partial charge in [0, 0.05) is 25.6 Å². The van der Waals surface area contributed by atoms with Crippen LogP contribution < -0.4 is 5.32 Å². The molecule has 2 aliphatic rings. The topological polar surface area (TPSA) is 52.7 Å². The number of likely N-dealkylation sites (N-methyl/N-ethyl adjacent to an activating group) is 1. The first-order valence-electron chi connectivity index (χ1n) is 9.38. The molecule has 0 spiro atoms. The molecule has 2 amide bonds. The largest absolute Gasteiger partial charge is 0.349 e. The molecule has 1 N–H and O–H groups in total. The van der Waals surface area contributed by atoms with Gasteiger partial charge in [-0.15, -0.1) is 0 Å². The fourth-order valence-electron chi connectivity index (χ4n) is 4.40. The van der Waals surface area contributed by atoms with Crippen LogP contribution in [-0.4, -0.2) is 53.8 Å². The lowest BCUT2D eigenvalue weighted by Gasteiger charge is -2.34. The molecule has 0 radical (unpaired) electrons. The summed E-state index contributed by atoms with van der Waals surface area (Å²) in [4.78, 5) is 29.1. The van der Waals surface area contributed by atoms with E-state index in [1.54, 1.807) is 0 Å². The lowest BCUT2D eigenvalue weighted by molar-refractivity contribution is -0.133. The Hall–Kier alpha value is -1.88. The van der Waals surface area contributed by atoms with E-state index in [1.807, 2.05) is 30.3 Å². The normalized spacial score (nSPS) is 25.1. The van der Waals surface area contributed by atoms with Gasteiger partial charge in [0.05, 0.1) is 12.5 Å². The summed E-state index contributed by atoms with van der Waals surface area (Å²) in [6, 6.07) is 10.3. The third kappa shape index (κ3) is 4.21. The van der Waals surface area contributed by atoms with E-state index < -0.39 is 0 Å². The molecule has 0 aliphatic carbocycles. The van der Waals surface area contributed by atoms with Gasteiger partial charge in [0.25, 0.3) is 0 Å². The molecule has 136 valence electrons. The zero-order valence-electron chi connectivity index (χ0n) is 15.3. The van der Waals surface area contributed by atoms with Crippen molar-refractivity contribution >= 4 is 11.8 Å². The maximum Gasteiger partial charge on any atom is 0.225 e. The summed E-state index contributed by atoms with van der Waals surface area (Å²) in [5, 5.41) is 2.95. The van der Waals surface area contributed by atoms with Gasteiger partial charge in [0.15, 0.2) is 0 Å². The van der Waals surface area contributed by atoms with Crippen molar-refractivity contribution in [2.24, 2.45) is 0 Å². The Morgan fingerprint density at radius 2 is 1.80 bits per heavy atom. The van der Waals surface area contributed by atoms with E-state index in [0.717, 1.165) is 31.5 Å². The molecule has 1 aromatic carbocycles. The zero-order chi connectivity index (χ0) is 17.8. The molecule has 5 nitrogen and oxygen atoms in total. The molecule has 3 unspecified atom stereocenters. The van der Waals surface area contributed by atoms with Crippen LogP contribution in [0.2, 0.25) is 0 Å². The number of benzene rings is 1. The zero-order valence-corrected chi connectivity index (χ0v) is 15.3. The molecule has 2 saturated heterocycles. The van der Waals surface area contributed by atoms with E-state index in [0.29, 0.717) is 18.5 Å². The molecule has 25 heavy (non-hydrogen) atoms. The standard InChI is InChI=1S/C20H29N3O2/c1-15(24)21-17(16-8-4-3-5-9-16)14-20(25)23-13-7-11-19(23)18-10-6-12-22(18)2/h3-5,8-9,17-19H,6-7,10-14H2,1-2H3,(H,21,24). The molecule has 0 bridgehead atoms. The highest BCUT2D eigenvalue weighted by Gasteiger charge is 2.38. The molecule has 3 rings (SSSR count).